The van der Waals surface area contributed by atoms with Crippen LogP contribution in [0.15, 0.2) is 70.8 Å². The van der Waals surface area contributed by atoms with Gasteiger partial charge in [0.2, 0.25) is 0 Å². The lowest BCUT2D eigenvalue weighted by Gasteiger charge is -2.29. The molecule has 0 unspecified atom stereocenters. The summed E-state index contributed by atoms with van der Waals surface area (Å²) in [6.45, 7) is 0.647. The van der Waals surface area contributed by atoms with Crippen LogP contribution in [0.2, 0.25) is 0 Å². The Balaban J connectivity index is 1.59. The first-order valence-corrected chi connectivity index (χ1v) is 8.48. The van der Waals surface area contributed by atoms with Crippen LogP contribution in [0.4, 0.5) is 5.69 Å². The van der Waals surface area contributed by atoms with Gasteiger partial charge in [0.15, 0.2) is 0 Å². The summed E-state index contributed by atoms with van der Waals surface area (Å²) < 4.78 is 0. The number of anilines is 1. The summed E-state index contributed by atoms with van der Waals surface area (Å²) in [7, 11) is 0. The number of amidine groups is 2. The van der Waals surface area contributed by atoms with Crippen LogP contribution in [0.25, 0.3) is 0 Å². The fourth-order valence-electron chi connectivity index (χ4n) is 2.37. The van der Waals surface area contributed by atoms with Crippen LogP contribution in [0.1, 0.15) is 11.1 Å². The molecule has 0 aliphatic carbocycles. The van der Waals surface area contributed by atoms with Gasteiger partial charge in [-0.15, -0.1) is 0 Å². The summed E-state index contributed by atoms with van der Waals surface area (Å²) in [5.41, 5.74) is 17.3. The van der Waals surface area contributed by atoms with Gasteiger partial charge < -0.3 is 5.73 Å². The molecule has 2 aromatic rings. The minimum Gasteiger partial charge on any atom is -0.384 e. The van der Waals surface area contributed by atoms with Crippen molar-refractivity contribution in [1.82, 2.24) is 16.1 Å². The van der Waals surface area contributed by atoms with Crippen LogP contribution >= 0.6 is 11.6 Å². The number of nitrogens with two attached hydrogens (primary N) is 1. The molecule has 7 nitrogen and oxygen atoms in total. The number of nitrogen functional groups attached to an aromatic ring is 1. The molecule has 0 bridgehead atoms. The van der Waals surface area contributed by atoms with E-state index in [1.54, 1.807) is 18.2 Å². The molecule has 0 fully saturated rings. The molecule has 2 aromatic carbocycles. The molecule has 0 aromatic heterocycles. The third-order valence-corrected chi connectivity index (χ3v) is 3.86. The Morgan fingerprint density at radius 3 is 2.54 bits per heavy atom. The number of nitrogens with one attached hydrogen (secondary N) is 4. The van der Waals surface area contributed by atoms with Crippen molar-refractivity contribution < 1.29 is 0 Å². The molecule has 1 aliphatic heterocycles. The van der Waals surface area contributed by atoms with Crippen molar-refractivity contribution >= 4 is 29.0 Å². The molecule has 0 saturated carbocycles. The van der Waals surface area contributed by atoms with E-state index < -0.39 is 0 Å². The van der Waals surface area contributed by atoms with E-state index in [9.17, 15) is 0 Å². The SMILES string of the molecule is N=C(N)c1ccc(NN2NC(Cl)=CC(=NCCc3ccccc3)N2)cc1. The molecule has 134 valence electrons. The van der Waals surface area contributed by atoms with Crippen molar-refractivity contribution in [3.05, 3.63) is 77.0 Å². The molecule has 6 N–H and O–H groups in total. The first kappa shape index (κ1) is 17.8. The minimum atomic E-state index is 0.0320. The third-order valence-electron chi connectivity index (χ3n) is 3.67. The molecule has 8 heteroatoms. The van der Waals surface area contributed by atoms with Crippen LogP contribution in [-0.4, -0.2) is 23.4 Å². The second kappa shape index (κ2) is 8.37. The van der Waals surface area contributed by atoms with E-state index in [4.69, 9.17) is 22.7 Å². The number of hydrogen-bond acceptors (Lipinski definition) is 5. The van der Waals surface area contributed by atoms with E-state index >= 15 is 0 Å². The highest BCUT2D eigenvalue weighted by atomic mass is 35.5. The summed E-state index contributed by atoms with van der Waals surface area (Å²) >= 11 is 6.14. The highest BCUT2D eigenvalue weighted by molar-refractivity contribution is 6.31. The monoisotopic (exact) mass is 369 g/mol. The van der Waals surface area contributed by atoms with Gasteiger partial charge in [-0.1, -0.05) is 41.9 Å². The zero-order chi connectivity index (χ0) is 18.4. The maximum atomic E-state index is 7.42. The van der Waals surface area contributed by atoms with E-state index in [1.165, 1.54) is 10.8 Å². The summed E-state index contributed by atoms with van der Waals surface area (Å²) in [6, 6.07) is 17.4. The van der Waals surface area contributed by atoms with E-state index in [1.807, 2.05) is 30.3 Å². The Morgan fingerprint density at radius 1 is 1.12 bits per heavy atom. The second-order valence-electron chi connectivity index (χ2n) is 5.66. The van der Waals surface area contributed by atoms with Crippen molar-refractivity contribution in [1.29, 1.82) is 5.41 Å². The first-order valence-electron chi connectivity index (χ1n) is 8.10. The maximum Gasteiger partial charge on any atom is 0.141 e. The van der Waals surface area contributed by atoms with E-state index in [-0.39, 0.29) is 5.84 Å². The van der Waals surface area contributed by atoms with Crippen molar-refractivity contribution in [2.24, 2.45) is 10.7 Å². The van der Waals surface area contributed by atoms with E-state index in [2.05, 4.69) is 33.4 Å². The van der Waals surface area contributed by atoms with Gasteiger partial charge in [-0.2, -0.15) is 0 Å². The van der Waals surface area contributed by atoms with Crippen LogP contribution in [0.5, 0.6) is 0 Å². The smallest absolute Gasteiger partial charge is 0.141 e. The Bertz CT molecular complexity index is 815. The number of rotatable bonds is 6. The molecule has 0 spiro atoms. The standard InChI is InChI=1S/C18H20ClN7/c19-16-12-17(22-11-10-13-4-2-1-3-5-13)25-26(24-16)23-15-8-6-14(7-9-15)18(20)21/h1-9,12,23-24H,10-11H2,(H3,20,21)(H,22,25). The number of hydrazine groups is 3. The fraction of sp³-hybridized carbons (Fsp3) is 0.111. The Labute approximate surface area is 157 Å². The molecule has 1 aliphatic rings. The lowest BCUT2D eigenvalue weighted by molar-refractivity contribution is 0.221. The van der Waals surface area contributed by atoms with E-state index in [0.717, 1.165) is 12.1 Å². The Kier molecular flexibility index (Phi) is 5.73. The number of aliphatic imine (C=N–C) groups is 1. The third kappa shape index (κ3) is 4.98. The molecule has 26 heavy (non-hydrogen) atoms. The van der Waals surface area contributed by atoms with Gasteiger partial charge in [0.1, 0.15) is 16.8 Å². The number of hydrogen-bond donors (Lipinski definition) is 5. The van der Waals surface area contributed by atoms with Gasteiger partial charge in [-0.25, -0.2) is 0 Å². The lowest BCUT2D eigenvalue weighted by atomic mass is 10.2. The van der Waals surface area contributed by atoms with Crippen molar-refractivity contribution in [3.8, 4) is 0 Å². The van der Waals surface area contributed by atoms with Gasteiger partial charge >= 0.3 is 0 Å². The maximum absolute atomic E-state index is 7.42. The highest BCUT2D eigenvalue weighted by Gasteiger charge is 2.13. The predicted molar refractivity (Wildman–Crippen MR) is 106 cm³/mol. The highest BCUT2D eigenvalue weighted by Crippen LogP contribution is 2.11. The summed E-state index contributed by atoms with van der Waals surface area (Å²) in [5.74, 6) is 0.683. The zero-order valence-electron chi connectivity index (χ0n) is 14.0. The average Bonchev–Trinajstić information content (AvgIpc) is 2.62. The molecular weight excluding hydrogens is 350 g/mol. The fourth-order valence-corrected chi connectivity index (χ4v) is 2.56. The molecule has 0 saturated heterocycles. The Morgan fingerprint density at radius 2 is 1.85 bits per heavy atom. The van der Waals surface area contributed by atoms with Gasteiger partial charge in [0, 0.05) is 18.2 Å². The Hall–Kier alpha value is -3.03. The van der Waals surface area contributed by atoms with Crippen molar-refractivity contribution in [2.75, 3.05) is 12.0 Å². The lowest BCUT2D eigenvalue weighted by Crippen LogP contribution is -2.55. The topological polar surface area (TPSA) is 102 Å². The minimum absolute atomic E-state index is 0.0320. The normalized spacial score (nSPS) is 15.7. The number of benzene rings is 2. The second-order valence-corrected chi connectivity index (χ2v) is 6.06. The molecule has 3 rings (SSSR count). The van der Waals surface area contributed by atoms with Gasteiger partial charge in [-0.3, -0.25) is 26.7 Å². The van der Waals surface area contributed by atoms with Gasteiger partial charge in [0.25, 0.3) is 0 Å². The molecular formula is C18H20ClN7. The van der Waals surface area contributed by atoms with Crippen molar-refractivity contribution in [2.45, 2.75) is 6.42 Å². The summed E-state index contributed by atoms with van der Waals surface area (Å²) in [4.78, 5) is 4.54. The van der Waals surface area contributed by atoms with Crippen LogP contribution in [0.3, 0.4) is 0 Å². The van der Waals surface area contributed by atoms with E-state index in [0.29, 0.717) is 23.1 Å². The molecule has 0 radical (unpaired) electrons. The number of nitrogens with zero attached hydrogens (tertiary/aromatic N) is 2. The van der Waals surface area contributed by atoms with Crippen LogP contribution < -0.4 is 22.0 Å². The molecule has 1 heterocycles. The number of halogens is 1. The molecule has 0 atom stereocenters. The van der Waals surface area contributed by atoms with Crippen molar-refractivity contribution in [3.63, 3.8) is 0 Å². The van der Waals surface area contributed by atoms with Crippen LogP contribution in [0, 0.1) is 5.41 Å². The largest absolute Gasteiger partial charge is 0.384 e. The summed E-state index contributed by atoms with van der Waals surface area (Å²) in [6.07, 6.45) is 2.58. The van der Waals surface area contributed by atoms with Gasteiger partial charge in [-0.05, 0) is 41.5 Å². The predicted octanol–water partition coefficient (Wildman–Crippen LogP) is 2.34. The van der Waals surface area contributed by atoms with Crippen LogP contribution in [-0.2, 0) is 6.42 Å². The first-order chi connectivity index (χ1) is 12.6. The summed E-state index contributed by atoms with van der Waals surface area (Å²) in [5, 5.41) is 9.38. The van der Waals surface area contributed by atoms with Gasteiger partial charge in [0.05, 0.1) is 5.69 Å². The molecule has 0 amide bonds. The quantitative estimate of drug-likeness (QED) is 0.305. The zero-order valence-corrected chi connectivity index (χ0v) is 14.8. The average molecular weight is 370 g/mol.